The van der Waals surface area contributed by atoms with E-state index in [0.717, 1.165) is 43.8 Å². The molecule has 5 aromatic carbocycles. The molecule has 0 amide bonds. The number of nitrogens with zero attached hydrogens (tertiary/aromatic N) is 2. The van der Waals surface area contributed by atoms with Gasteiger partial charge in [0.05, 0.1) is 9.85 Å². The van der Waals surface area contributed by atoms with Gasteiger partial charge in [0.2, 0.25) is 0 Å². The standard InChI is InChI=1S/C26H16N2O4/c29-27(30)19-13-9-17(10-14-19)25-21-5-1-2-6-22(21)26(24-8-4-3-7-23(24)25)18-11-15-20(16-12-18)28(31)32/h1-16H. The summed E-state index contributed by atoms with van der Waals surface area (Å²) in [5, 5.41) is 26.2. The van der Waals surface area contributed by atoms with Crippen LogP contribution in [0.5, 0.6) is 0 Å². The van der Waals surface area contributed by atoms with Crippen molar-refractivity contribution in [1.82, 2.24) is 0 Å². The first-order chi connectivity index (χ1) is 15.5. The van der Waals surface area contributed by atoms with Crippen LogP contribution in [0, 0.1) is 20.2 Å². The number of nitro benzene ring substituents is 2. The van der Waals surface area contributed by atoms with E-state index in [2.05, 4.69) is 0 Å². The molecule has 0 aromatic heterocycles. The Bertz CT molecular complexity index is 1340. The molecule has 0 aliphatic carbocycles. The van der Waals surface area contributed by atoms with E-state index in [1.807, 2.05) is 48.5 Å². The van der Waals surface area contributed by atoms with Gasteiger partial charge in [0, 0.05) is 24.3 Å². The van der Waals surface area contributed by atoms with Gasteiger partial charge < -0.3 is 0 Å². The molecule has 0 spiro atoms. The molecule has 0 radical (unpaired) electrons. The monoisotopic (exact) mass is 420 g/mol. The van der Waals surface area contributed by atoms with Gasteiger partial charge in [-0.15, -0.1) is 0 Å². The third-order valence-electron chi connectivity index (χ3n) is 5.67. The van der Waals surface area contributed by atoms with Crippen LogP contribution in [-0.4, -0.2) is 9.85 Å². The third kappa shape index (κ3) is 3.15. The molecule has 0 atom stereocenters. The van der Waals surface area contributed by atoms with Gasteiger partial charge >= 0.3 is 0 Å². The lowest BCUT2D eigenvalue weighted by molar-refractivity contribution is -0.385. The molecule has 0 aliphatic rings. The fourth-order valence-electron chi connectivity index (χ4n) is 4.25. The Morgan fingerprint density at radius 2 is 0.719 bits per heavy atom. The van der Waals surface area contributed by atoms with Gasteiger partial charge in [-0.2, -0.15) is 0 Å². The zero-order chi connectivity index (χ0) is 22.2. The molecule has 0 saturated carbocycles. The zero-order valence-corrected chi connectivity index (χ0v) is 16.8. The summed E-state index contributed by atoms with van der Waals surface area (Å²) < 4.78 is 0. The van der Waals surface area contributed by atoms with Crippen molar-refractivity contribution in [2.24, 2.45) is 0 Å². The first kappa shape index (κ1) is 19.4. The van der Waals surface area contributed by atoms with Crippen LogP contribution in [0.15, 0.2) is 97.1 Å². The molecule has 0 heterocycles. The van der Waals surface area contributed by atoms with E-state index in [1.165, 1.54) is 24.3 Å². The van der Waals surface area contributed by atoms with Gasteiger partial charge in [-0.25, -0.2) is 0 Å². The summed E-state index contributed by atoms with van der Waals surface area (Å²) in [7, 11) is 0. The maximum Gasteiger partial charge on any atom is 0.269 e. The van der Waals surface area contributed by atoms with E-state index >= 15 is 0 Å². The van der Waals surface area contributed by atoms with Crippen molar-refractivity contribution >= 4 is 32.9 Å². The molecule has 0 unspecified atom stereocenters. The number of nitro groups is 2. The minimum atomic E-state index is -0.405. The highest BCUT2D eigenvalue weighted by Gasteiger charge is 2.17. The lowest BCUT2D eigenvalue weighted by Crippen LogP contribution is -1.92. The zero-order valence-electron chi connectivity index (χ0n) is 16.8. The van der Waals surface area contributed by atoms with Crippen molar-refractivity contribution in [3.05, 3.63) is 117 Å². The number of hydrogen-bond acceptors (Lipinski definition) is 4. The van der Waals surface area contributed by atoms with Crippen LogP contribution < -0.4 is 0 Å². The fourth-order valence-corrected chi connectivity index (χ4v) is 4.25. The Morgan fingerprint density at radius 1 is 0.438 bits per heavy atom. The van der Waals surface area contributed by atoms with Crippen LogP contribution in [0.4, 0.5) is 11.4 Å². The van der Waals surface area contributed by atoms with Crippen molar-refractivity contribution in [2.45, 2.75) is 0 Å². The van der Waals surface area contributed by atoms with E-state index in [9.17, 15) is 20.2 Å². The van der Waals surface area contributed by atoms with Crippen molar-refractivity contribution in [3.8, 4) is 22.3 Å². The molecular formula is C26H16N2O4. The Labute approximate surface area is 182 Å². The van der Waals surface area contributed by atoms with Crippen LogP contribution in [0.2, 0.25) is 0 Å². The first-order valence-electron chi connectivity index (χ1n) is 9.97. The molecule has 5 rings (SSSR count). The summed E-state index contributed by atoms with van der Waals surface area (Å²) in [6, 6.07) is 29.2. The Hall–Kier alpha value is -4.58. The number of benzene rings is 5. The maximum atomic E-state index is 11.1. The molecule has 0 aliphatic heterocycles. The largest absolute Gasteiger partial charge is 0.269 e. The minimum Gasteiger partial charge on any atom is -0.258 e. The molecule has 6 nitrogen and oxygen atoms in total. The fraction of sp³-hybridized carbons (Fsp3) is 0. The molecule has 5 aromatic rings. The van der Waals surface area contributed by atoms with Crippen LogP contribution in [-0.2, 0) is 0 Å². The Kier molecular flexibility index (Phi) is 4.60. The molecule has 0 fully saturated rings. The van der Waals surface area contributed by atoms with E-state index in [-0.39, 0.29) is 11.4 Å². The summed E-state index contributed by atoms with van der Waals surface area (Å²) in [5.74, 6) is 0. The van der Waals surface area contributed by atoms with Crippen molar-refractivity contribution in [3.63, 3.8) is 0 Å². The number of hydrogen-bond donors (Lipinski definition) is 0. The smallest absolute Gasteiger partial charge is 0.258 e. The molecular weight excluding hydrogens is 404 g/mol. The third-order valence-corrected chi connectivity index (χ3v) is 5.67. The molecule has 0 N–H and O–H groups in total. The number of rotatable bonds is 4. The van der Waals surface area contributed by atoms with Crippen molar-refractivity contribution in [2.75, 3.05) is 0 Å². The average Bonchev–Trinajstić information content (AvgIpc) is 2.82. The van der Waals surface area contributed by atoms with Crippen molar-refractivity contribution < 1.29 is 9.85 Å². The minimum absolute atomic E-state index is 0.0462. The number of fused-ring (bicyclic) bond motifs is 2. The number of non-ortho nitro benzene ring substituents is 2. The second-order valence-electron chi connectivity index (χ2n) is 7.45. The average molecular weight is 420 g/mol. The summed E-state index contributed by atoms with van der Waals surface area (Å²) in [4.78, 5) is 21.4. The van der Waals surface area contributed by atoms with Gasteiger partial charge in [0.25, 0.3) is 11.4 Å². The maximum absolute atomic E-state index is 11.1. The molecule has 0 bridgehead atoms. The van der Waals surface area contributed by atoms with Gasteiger partial charge in [-0.3, -0.25) is 20.2 Å². The Balaban J connectivity index is 1.85. The highest BCUT2D eigenvalue weighted by Crippen LogP contribution is 2.43. The van der Waals surface area contributed by atoms with E-state index in [1.54, 1.807) is 24.3 Å². The molecule has 32 heavy (non-hydrogen) atoms. The predicted octanol–water partition coefficient (Wildman–Crippen LogP) is 7.14. The predicted molar refractivity (Wildman–Crippen MR) is 126 cm³/mol. The van der Waals surface area contributed by atoms with Crippen molar-refractivity contribution in [1.29, 1.82) is 0 Å². The molecule has 0 saturated heterocycles. The Morgan fingerprint density at radius 3 is 0.969 bits per heavy atom. The second kappa shape index (κ2) is 7.59. The summed E-state index contributed by atoms with van der Waals surface area (Å²) in [6.07, 6.45) is 0. The van der Waals surface area contributed by atoms with Gasteiger partial charge in [0.1, 0.15) is 0 Å². The SMILES string of the molecule is O=[N+]([O-])c1ccc(-c2c3ccccc3c(-c3ccc([N+](=O)[O-])cc3)c3ccccc23)cc1. The van der Waals surface area contributed by atoms with Gasteiger partial charge in [-0.1, -0.05) is 48.5 Å². The van der Waals surface area contributed by atoms with E-state index in [0.29, 0.717) is 0 Å². The quantitative estimate of drug-likeness (QED) is 0.176. The lowest BCUT2D eigenvalue weighted by Gasteiger charge is -2.17. The van der Waals surface area contributed by atoms with Crippen LogP contribution in [0.25, 0.3) is 43.8 Å². The lowest BCUT2D eigenvalue weighted by atomic mass is 9.86. The van der Waals surface area contributed by atoms with Crippen LogP contribution in [0.1, 0.15) is 0 Å². The topological polar surface area (TPSA) is 86.3 Å². The van der Waals surface area contributed by atoms with Crippen LogP contribution >= 0.6 is 0 Å². The molecule has 154 valence electrons. The summed E-state index contributed by atoms with van der Waals surface area (Å²) >= 11 is 0. The van der Waals surface area contributed by atoms with Crippen LogP contribution in [0.3, 0.4) is 0 Å². The first-order valence-corrected chi connectivity index (χ1v) is 9.97. The normalized spacial score (nSPS) is 11.0. The summed E-state index contributed by atoms with van der Waals surface area (Å²) in [5.41, 5.74) is 3.86. The van der Waals surface area contributed by atoms with E-state index < -0.39 is 9.85 Å². The highest BCUT2D eigenvalue weighted by molar-refractivity contribution is 6.21. The van der Waals surface area contributed by atoms with Gasteiger partial charge in [-0.05, 0) is 68.1 Å². The van der Waals surface area contributed by atoms with E-state index in [4.69, 9.17) is 0 Å². The highest BCUT2D eigenvalue weighted by atomic mass is 16.6. The van der Waals surface area contributed by atoms with Gasteiger partial charge in [0.15, 0.2) is 0 Å². The second-order valence-corrected chi connectivity index (χ2v) is 7.45. The molecule has 6 heteroatoms. The summed E-state index contributed by atoms with van der Waals surface area (Å²) in [6.45, 7) is 0.